The van der Waals surface area contributed by atoms with Crippen molar-refractivity contribution in [3.8, 4) is 0 Å². The second kappa shape index (κ2) is 4.23. The van der Waals surface area contributed by atoms with Crippen molar-refractivity contribution in [1.82, 2.24) is 10.0 Å². The Hall–Kier alpha value is -1.36. The quantitative estimate of drug-likeness (QED) is 0.684. The van der Waals surface area contributed by atoms with Crippen LogP contribution < -0.4 is 0 Å². The summed E-state index contributed by atoms with van der Waals surface area (Å²) in [6.07, 6.45) is 0.671. The van der Waals surface area contributed by atoms with Crippen LogP contribution in [0.15, 0.2) is 4.42 Å². The van der Waals surface area contributed by atoms with Gasteiger partial charge >= 0.3 is 0 Å². The van der Waals surface area contributed by atoms with E-state index in [1.54, 1.807) is 6.92 Å². The lowest BCUT2D eigenvalue weighted by molar-refractivity contribution is -0.0761. The van der Waals surface area contributed by atoms with Gasteiger partial charge in [0.1, 0.15) is 5.76 Å². The van der Waals surface area contributed by atoms with E-state index in [4.69, 9.17) is 9.25 Å². The highest BCUT2D eigenvalue weighted by molar-refractivity contribution is 5.92. The fourth-order valence-corrected chi connectivity index (χ4v) is 1.03. The molecule has 78 valence electrons. The second-order valence-corrected chi connectivity index (χ2v) is 2.85. The number of rotatable bonds is 3. The van der Waals surface area contributed by atoms with Gasteiger partial charge in [0.25, 0.3) is 5.91 Å². The van der Waals surface area contributed by atoms with Crippen molar-refractivity contribution in [2.75, 3.05) is 14.2 Å². The third kappa shape index (κ3) is 1.93. The molecule has 0 saturated carbocycles. The molecule has 1 heterocycles. The zero-order valence-corrected chi connectivity index (χ0v) is 8.83. The standard InChI is InChI=1S/C9H14N2O3/c1-5-7-10-8(6(2)14-7)9(12)11(3)13-4/h5H2,1-4H3. The molecule has 14 heavy (non-hydrogen) atoms. The van der Waals surface area contributed by atoms with Crippen LogP contribution in [0.5, 0.6) is 0 Å². The van der Waals surface area contributed by atoms with Gasteiger partial charge in [0, 0.05) is 13.5 Å². The van der Waals surface area contributed by atoms with Crippen LogP contribution in [-0.4, -0.2) is 30.1 Å². The van der Waals surface area contributed by atoms with E-state index in [9.17, 15) is 4.79 Å². The van der Waals surface area contributed by atoms with Gasteiger partial charge in [-0.1, -0.05) is 6.92 Å². The molecule has 0 aromatic carbocycles. The van der Waals surface area contributed by atoms with Crippen LogP contribution in [0.25, 0.3) is 0 Å². The minimum Gasteiger partial charge on any atom is -0.445 e. The zero-order chi connectivity index (χ0) is 10.7. The van der Waals surface area contributed by atoms with Crippen LogP contribution in [-0.2, 0) is 11.3 Å². The summed E-state index contributed by atoms with van der Waals surface area (Å²) in [6, 6.07) is 0. The van der Waals surface area contributed by atoms with Crippen LogP contribution >= 0.6 is 0 Å². The topological polar surface area (TPSA) is 55.6 Å². The van der Waals surface area contributed by atoms with Crippen molar-refractivity contribution in [1.29, 1.82) is 0 Å². The van der Waals surface area contributed by atoms with E-state index in [0.717, 1.165) is 5.06 Å². The number of amides is 1. The molecule has 0 radical (unpaired) electrons. The molecule has 1 aromatic rings. The Labute approximate surface area is 82.6 Å². The Kier molecular flexibility index (Phi) is 3.24. The number of nitrogens with zero attached hydrogens (tertiary/aromatic N) is 2. The molecule has 0 fully saturated rings. The highest BCUT2D eigenvalue weighted by atomic mass is 16.7. The number of aromatic nitrogens is 1. The number of hydrogen-bond acceptors (Lipinski definition) is 4. The smallest absolute Gasteiger partial charge is 0.299 e. The predicted octanol–water partition coefficient (Wildman–Crippen LogP) is 1.18. The number of carbonyl (C=O) groups excluding carboxylic acids is 1. The summed E-state index contributed by atoms with van der Waals surface area (Å²) >= 11 is 0. The summed E-state index contributed by atoms with van der Waals surface area (Å²) < 4.78 is 5.27. The summed E-state index contributed by atoms with van der Waals surface area (Å²) in [5.41, 5.74) is 0.311. The van der Waals surface area contributed by atoms with E-state index in [1.165, 1.54) is 14.2 Å². The molecule has 0 saturated heterocycles. The highest BCUT2D eigenvalue weighted by Gasteiger charge is 2.19. The first kappa shape index (κ1) is 10.7. The average molecular weight is 198 g/mol. The van der Waals surface area contributed by atoms with Crippen LogP contribution in [0.2, 0.25) is 0 Å². The van der Waals surface area contributed by atoms with E-state index in [1.807, 2.05) is 6.92 Å². The lowest BCUT2D eigenvalue weighted by Gasteiger charge is -2.11. The molecule has 0 N–H and O–H groups in total. The summed E-state index contributed by atoms with van der Waals surface area (Å²) in [4.78, 5) is 20.4. The number of hydrogen-bond donors (Lipinski definition) is 0. The van der Waals surface area contributed by atoms with Crippen molar-refractivity contribution in [2.45, 2.75) is 20.3 Å². The molecule has 0 spiro atoms. The molecule has 0 aliphatic carbocycles. The number of hydroxylamine groups is 2. The zero-order valence-electron chi connectivity index (χ0n) is 8.83. The van der Waals surface area contributed by atoms with E-state index < -0.39 is 0 Å². The van der Waals surface area contributed by atoms with Gasteiger partial charge in [0.2, 0.25) is 0 Å². The SMILES string of the molecule is CCc1nc(C(=O)N(C)OC)c(C)o1. The summed E-state index contributed by atoms with van der Waals surface area (Å²) in [5, 5.41) is 1.12. The monoisotopic (exact) mass is 198 g/mol. The Bertz CT molecular complexity index is 333. The first-order valence-electron chi connectivity index (χ1n) is 4.38. The van der Waals surface area contributed by atoms with E-state index >= 15 is 0 Å². The van der Waals surface area contributed by atoms with Crippen molar-refractivity contribution in [2.24, 2.45) is 0 Å². The van der Waals surface area contributed by atoms with Crippen LogP contribution in [0.1, 0.15) is 29.1 Å². The molecule has 0 atom stereocenters. The molecule has 0 bridgehead atoms. The number of carbonyl (C=O) groups is 1. The minimum atomic E-state index is -0.298. The third-order valence-corrected chi connectivity index (χ3v) is 1.91. The lowest BCUT2D eigenvalue weighted by Crippen LogP contribution is -2.26. The summed E-state index contributed by atoms with van der Waals surface area (Å²) in [7, 11) is 2.95. The van der Waals surface area contributed by atoms with Crippen LogP contribution in [0.3, 0.4) is 0 Å². The molecule has 5 heteroatoms. The van der Waals surface area contributed by atoms with Gasteiger partial charge in [-0.3, -0.25) is 9.63 Å². The predicted molar refractivity (Wildman–Crippen MR) is 49.7 cm³/mol. The van der Waals surface area contributed by atoms with Gasteiger partial charge in [-0.25, -0.2) is 10.0 Å². The average Bonchev–Trinajstić information content (AvgIpc) is 2.57. The maximum absolute atomic E-state index is 11.6. The first-order valence-corrected chi connectivity index (χ1v) is 4.38. The summed E-state index contributed by atoms with van der Waals surface area (Å²) in [6.45, 7) is 3.63. The Morgan fingerprint density at radius 3 is 2.71 bits per heavy atom. The molecule has 0 unspecified atom stereocenters. The fourth-order valence-electron chi connectivity index (χ4n) is 1.03. The van der Waals surface area contributed by atoms with Gasteiger partial charge in [0.15, 0.2) is 11.6 Å². The first-order chi connectivity index (χ1) is 6.60. The molecule has 0 aliphatic rings. The maximum atomic E-state index is 11.6. The highest BCUT2D eigenvalue weighted by Crippen LogP contribution is 2.12. The number of oxazole rings is 1. The molecule has 1 aromatic heterocycles. The van der Waals surface area contributed by atoms with E-state index in [0.29, 0.717) is 23.8 Å². The van der Waals surface area contributed by atoms with Crippen molar-refractivity contribution >= 4 is 5.91 Å². The van der Waals surface area contributed by atoms with Gasteiger partial charge in [0.05, 0.1) is 7.11 Å². The van der Waals surface area contributed by atoms with E-state index in [-0.39, 0.29) is 5.91 Å². The molecular weight excluding hydrogens is 184 g/mol. The third-order valence-electron chi connectivity index (χ3n) is 1.91. The molecule has 5 nitrogen and oxygen atoms in total. The van der Waals surface area contributed by atoms with Gasteiger partial charge in [-0.05, 0) is 6.92 Å². The van der Waals surface area contributed by atoms with Gasteiger partial charge in [-0.2, -0.15) is 0 Å². The molecular formula is C9H14N2O3. The second-order valence-electron chi connectivity index (χ2n) is 2.85. The van der Waals surface area contributed by atoms with Crippen molar-refractivity contribution in [3.05, 3.63) is 17.3 Å². The van der Waals surface area contributed by atoms with Crippen LogP contribution in [0, 0.1) is 6.92 Å². The fraction of sp³-hybridized carbons (Fsp3) is 0.556. The van der Waals surface area contributed by atoms with Crippen molar-refractivity contribution in [3.63, 3.8) is 0 Å². The Balaban J connectivity index is 2.94. The van der Waals surface area contributed by atoms with Crippen molar-refractivity contribution < 1.29 is 14.0 Å². The number of aryl methyl sites for hydroxylation is 2. The largest absolute Gasteiger partial charge is 0.445 e. The normalized spacial score (nSPS) is 10.3. The minimum absolute atomic E-state index is 0.298. The van der Waals surface area contributed by atoms with Gasteiger partial charge < -0.3 is 4.42 Å². The van der Waals surface area contributed by atoms with Crippen LogP contribution in [0.4, 0.5) is 0 Å². The molecule has 1 rings (SSSR count). The Morgan fingerprint density at radius 1 is 1.64 bits per heavy atom. The van der Waals surface area contributed by atoms with Gasteiger partial charge in [-0.15, -0.1) is 0 Å². The Morgan fingerprint density at radius 2 is 2.29 bits per heavy atom. The molecule has 1 amide bonds. The van der Waals surface area contributed by atoms with E-state index in [2.05, 4.69) is 4.98 Å². The lowest BCUT2D eigenvalue weighted by atomic mass is 10.3. The summed E-state index contributed by atoms with van der Waals surface area (Å²) in [5.74, 6) is 0.791. The molecule has 0 aliphatic heterocycles. The maximum Gasteiger partial charge on any atom is 0.299 e.